The summed E-state index contributed by atoms with van der Waals surface area (Å²) in [5.41, 5.74) is 2.11. The number of hydrogen-bond acceptors (Lipinski definition) is 2. The molecule has 0 saturated heterocycles. The Morgan fingerprint density at radius 1 is 1.10 bits per heavy atom. The summed E-state index contributed by atoms with van der Waals surface area (Å²) in [6, 6.07) is 5.47. The number of alkyl halides is 1. The molecule has 1 aromatic carbocycles. The van der Waals surface area contributed by atoms with Gasteiger partial charge in [-0.3, -0.25) is 0 Å². The van der Waals surface area contributed by atoms with E-state index in [0.29, 0.717) is 4.90 Å². The Labute approximate surface area is 131 Å². The van der Waals surface area contributed by atoms with Gasteiger partial charge in [0.2, 0.25) is 0 Å². The van der Waals surface area contributed by atoms with Gasteiger partial charge in [-0.2, -0.15) is 0 Å². The molecule has 1 aromatic rings. The van der Waals surface area contributed by atoms with Crippen molar-refractivity contribution in [3.63, 3.8) is 0 Å². The van der Waals surface area contributed by atoms with E-state index >= 15 is 0 Å². The van der Waals surface area contributed by atoms with Gasteiger partial charge in [-0.25, -0.2) is 8.42 Å². The molecular weight excluding hydrogens is 336 g/mol. The lowest BCUT2D eigenvalue weighted by molar-refractivity contribution is 0.256. The van der Waals surface area contributed by atoms with Crippen molar-refractivity contribution in [2.45, 2.75) is 50.8 Å². The van der Waals surface area contributed by atoms with Crippen LogP contribution in [0, 0.1) is 19.3 Å². The van der Waals surface area contributed by atoms with E-state index in [1.165, 1.54) is 6.42 Å². The van der Waals surface area contributed by atoms with Crippen molar-refractivity contribution in [3.05, 3.63) is 29.3 Å². The van der Waals surface area contributed by atoms with Crippen LogP contribution in [0.4, 0.5) is 0 Å². The molecule has 0 aliphatic heterocycles. The zero-order valence-corrected chi connectivity index (χ0v) is 14.7. The summed E-state index contributed by atoms with van der Waals surface area (Å²) in [5, 5.41) is 0.782. The maximum Gasteiger partial charge on any atom is 0.178 e. The van der Waals surface area contributed by atoms with Crippen molar-refractivity contribution >= 4 is 25.8 Å². The van der Waals surface area contributed by atoms with Crippen LogP contribution in [-0.4, -0.2) is 19.5 Å². The second-order valence-electron chi connectivity index (χ2n) is 6.20. The fourth-order valence-corrected chi connectivity index (χ4v) is 6.03. The van der Waals surface area contributed by atoms with Crippen molar-refractivity contribution in [2.75, 3.05) is 11.1 Å². The third-order valence-electron chi connectivity index (χ3n) is 4.53. The molecule has 1 fully saturated rings. The van der Waals surface area contributed by atoms with E-state index < -0.39 is 9.84 Å². The van der Waals surface area contributed by atoms with E-state index in [4.69, 9.17) is 0 Å². The van der Waals surface area contributed by atoms with Crippen molar-refractivity contribution < 1.29 is 8.42 Å². The van der Waals surface area contributed by atoms with Crippen molar-refractivity contribution in [3.8, 4) is 0 Å². The molecule has 112 valence electrons. The van der Waals surface area contributed by atoms with Crippen LogP contribution in [0.15, 0.2) is 23.1 Å². The van der Waals surface area contributed by atoms with Crippen LogP contribution in [0.2, 0.25) is 0 Å². The second-order valence-corrected chi connectivity index (χ2v) is 8.75. The summed E-state index contributed by atoms with van der Waals surface area (Å²) >= 11 is 3.55. The minimum Gasteiger partial charge on any atom is -0.224 e. The fraction of sp³-hybridized carbons (Fsp3) is 0.625. The number of aryl methyl sites for hydroxylation is 2. The zero-order valence-electron chi connectivity index (χ0n) is 12.3. The van der Waals surface area contributed by atoms with E-state index in [1.54, 1.807) is 6.07 Å². The maximum atomic E-state index is 12.7. The predicted octanol–water partition coefficient (Wildman–Crippen LogP) is 4.42. The Kier molecular flexibility index (Phi) is 4.96. The van der Waals surface area contributed by atoms with E-state index in [2.05, 4.69) is 15.9 Å². The third kappa shape index (κ3) is 3.45. The monoisotopic (exact) mass is 358 g/mol. The van der Waals surface area contributed by atoms with Crippen LogP contribution in [0.1, 0.15) is 43.2 Å². The van der Waals surface area contributed by atoms with Crippen LogP contribution in [0.5, 0.6) is 0 Å². The minimum atomic E-state index is -3.20. The summed E-state index contributed by atoms with van der Waals surface area (Å²) in [4.78, 5) is 0.478. The van der Waals surface area contributed by atoms with Crippen molar-refractivity contribution in [1.82, 2.24) is 0 Å². The largest absolute Gasteiger partial charge is 0.224 e. The Morgan fingerprint density at radius 2 is 1.75 bits per heavy atom. The van der Waals surface area contributed by atoms with Crippen LogP contribution < -0.4 is 0 Å². The third-order valence-corrected chi connectivity index (χ3v) is 7.69. The van der Waals surface area contributed by atoms with E-state index in [0.717, 1.165) is 42.1 Å². The Balaban J connectivity index is 2.27. The number of rotatable bonds is 4. The molecule has 1 aliphatic carbocycles. The predicted molar refractivity (Wildman–Crippen MR) is 87.3 cm³/mol. The van der Waals surface area contributed by atoms with Gasteiger partial charge in [0.1, 0.15) is 0 Å². The summed E-state index contributed by atoms with van der Waals surface area (Å²) in [7, 11) is -3.20. The molecule has 0 unspecified atom stereocenters. The molecule has 0 radical (unpaired) electrons. The molecule has 0 aromatic heterocycles. The SMILES string of the molecule is Cc1ccc(S(=O)(=O)CC2(CBr)CCCCC2)cc1C. The van der Waals surface area contributed by atoms with Crippen LogP contribution in [0.3, 0.4) is 0 Å². The summed E-state index contributed by atoms with van der Waals surface area (Å²) in [6.07, 6.45) is 5.56. The van der Waals surface area contributed by atoms with Gasteiger partial charge in [0.25, 0.3) is 0 Å². The topological polar surface area (TPSA) is 34.1 Å². The van der Waals surface area contributed by atoms with Crippen molar-refractivity contribution in [1.29, 1.82) is 0 Å². The first-order valence-corrected chi connectivity index (χ1v) is 10.0. The molecule has 0 atom stereocenters. The summed E-state index contributed by atoms with van der Waals surface area (Å²) in [5.74, 6) is 0.272. The molecule has 0 spiro atoms. The Morgan fingerprint density at radius 3 is 2.30 bits per heavy atom. The van der Waals surface area contributed by atoms with Gasteiger partial charge >= 0.3 is 0 Å². The first-order valence-electron chi connectivity index (χ1n) is 7.25. The van der Waals surface area contributed by atoms with Crippen LogP contribution >= 0.6 is 15.9 Å². The smallest absolute Gasteiger partial charge is 0.178 e. The lowest BCUT2D eigenvalue weighted by Crippen LogP contribution is -2.34. The molecular formula is C16H23BrO2S. The zero-order chi connectivity index (χ0) is 14.8. The summed E-state index contributed by atoms with van der Waals surface area (Å²) < 4.78 is 25.4. The van der Waals surface area contributed by atoms with Gasteiger partial charge in [0.15, 0.2) is 9.84 Å². The molecule has 2 nitrogen and oxygen atoms in total. The fourth-order valence-electron chi connectivity index (χ4n) is 3.01. The lowest BCUT2D eigenvalue weighted by atomic mass is 9.77. The van der Waals surface area contributed by atoms with E-state index in [-0.39, 0.29) is 11.2 Å². The highest BCUT2D eigenvalue weighted by Crippen LogP contribution is 2.40. The molecule has 1 saturated carbocycles. The molecule has 1 aliphatic rings. The first kappa shape index (κ1) is 16.0. The van der Waals surface area contributed by atoms with E-state index in [1.807, 2.05) is 26.0 Å². The number of halogens is 1. The average Bonchev–Trinajstić information content (AvgIpc) is 2.42. The van der Waals surface area contributed by atoms with Gasteiger partial charge in [-0.15, -0.1) is 0 Å². The molecule has 0 N–H and O–H groups in total. The normalized spacial score (nSPS) is 18.9. The highest BCUT2D eigenvalue weighted by atomic mass is 79.9. The number of benzene rings is 1. The number of sulfone groups is 1. The Bertz CT molecular complexity index is 572. The molecule has 2 rings (SSSR count). The average molecular weight is 359 g/mol. The molecule has 0 heterocycles. The minimum absolute atomic E-state index is 0.0735. The van der Waals surface area contributed by atoms with E-state index in [9.17, 15) is 8.42 Å². The van der Waals surface area contributed by atoms with Crippen molar-refractivity contribution in [2.24, 2.45) is 5.41 Å². The molecule has 0 amide bonds. The highest BCUT2D eigenvalue weighted by Gasteiger charge is 2.36. The highest BCUT2D eigenvalue weighted by molar-refractivity contribution is 9.09. The van der Waals surface area contributed by atoms with Gasteiger partial charge in [0, 0.05) is 5.33 Å². The van der Waals surface area contributed by atoms with Gasteiger partial charge in [-0.05, 0) is 55.4 Å². The molecule has 20 heavy (non-hydrogen) atoms. The first-order chi connectivity index (χ1) is 9.38. The maximum absolute atomic E-state index is 12.7. The van der Waals surface area contributed by atoms with Gasteiger partial charge < -0.3 is 0 Å². The van der Waals surface area contributed by atoms with Crippen LogP contribution in [0.25, 0.3) is 0 Å². The lowest BCUT2D eigenvalue weighted by Gasteiger charge is -2.35. The summed E-state index contributed by atoms with van der Waals surface area (Å²) in [6.45, 7) is 3.97. The number of hydrogen-bond donors (Lipinski definition) is 0. The van der Waals surface area contributed by atoms with Gasteiger partial charge in [0.05, 0.1) is 10.6 Å². The molecule has 4 heteroatoms. The standard InChI is InChI=1S/C16H23BrO2S/c1-13-6-7-15(10-14(13)2)20(18,19)12-16(11-17)8-4-3-5-9-16/h6-7,10H,3-5,8-9,11-12H2,1-2H3. The molecule has 0 bridgehead atoms. The van der Waals surface area contributed by atoms with Crippen LogP contribution in [-0.2, 0) is 9.84 Å². The quantitative estimate of drug-likeness (QED) is 0.746. The van der Waals surface area contributed by atoms with Gasteiger partial charge in [-0.1, -0.05) is 41.3 Å². The second kappa shape index (κ2) is 6.18. The Hall–Kier alpha value is -0.350.